The van der Waals surface area contributed by atoms with Crippen LogP contribution >= 0.6 is 15.9 Å². The first-order chi connectivity index (χ1) is 7.84. The van der Waals surface area contributed by atoms with Gasteiger partial charge in [0.25, 0.3) is 0 Å². The number of hydrogen-bond donors (Lipinski definition) is 0. The topological polar surface area (TPSA) is 12.4 Å². The standard InChI is InChI=1S/C14H12BrN/c15-13-8-6-12(7-9-13)10-11-16-14-4-2-1-3-5-14/h1-9,11H,10H2. The van der Waals surface area contributed by atoms with E-state index in [2.05, 4.69) is 33.1 Å². The summed E-state index contributed by atoms with van der Waals surface area (Å²) >= 11 is 3.42. The molecule has 0 aromatic heterocycles. The lowest BCUT2D eigenvalue weighted by Gasteiger charge is -1.96. The minimum atomic E-state index is 0.863. The van der Waals surface area contributed by atoms with Crippen molar-refractivity contribution < 1.29 is 0 Å². The molecule has 0 atom stereocenters. The monoisotopic (exact) mass is 273 g/mol. The number of para-hydroxylation sites is 1. The third-order valence-electron chi connectivity index (χ3n) is 2.24. The predicted molar refractivity (Wildman–Crippen MR) is 72.4 cm³/mol. The molecule has 0 fully saturated rings. The Balaban J connectivity index is 1.97. The molecule has 0 unspecified atom stereocenters. The Hall–Kier alpha value is -1.41. The number of aliphatic imine (C=N–C) groups is 1. The normalized spacial score (nSPS) is 10.8. The lowest BCUT2D eigenvalue weighted by Crippen LogP contribution is -1.84. The second kappa shape index (κ2) is 5.61. The Morgan fingerprint density at radius 3 is 2.31 bits per heavy atom. The van der Waals surface area contributed by atoms with Crippen molar-refractivity contribution in [2.45, 2.75) is 6.42 Å². The zero-order valence-electron chi connectivity index (χ0n) is 8.81. The number of hydrogen-bond acceptors (Lipinski definition) is 1. The smallest absolute Gasteiger partial charge is 0.0625 e. The Morgan fingerprint density at radius 1 is 0.938 bits per heavy atom. The molecule has 2 heteroatoms. The van der Waals surface area contributed by atoms with Crippen molar-refractivity contribution >= 4 is 27.8 Å². The fourth-order valence-electron chi connectivity index (χ4n) is 1.39. The first-order valence-corrected chi connectivity index (χ1v) is 5.96. The molecule has 0 N–H and O–H groups in total. The van der Waals surface area contributed by atoms with Gasteiger partial charge in [-0.3, -0.25) is 4.99 Å². The highest BCUT2D eigenvalue weighted by Crippen LogP contribution is 2.12. The first kappa shape index (κ1) is 11.1. The molecule has 0 heterocycles. The Morgan fingerprint density at radius 2 is 1.62 bits per heavy atom. The van der Waals surface area contributed by atoms with Crippen LogP contribution in [0.4, 0.5) is 5.69 Å². The molecule has 0 aliphatic heterocycles. The zero-order chi connectivity index (χ0) is 11.2. The van der Waals surface area contributed by atoms with E-state index in [9.17, 15) is 0 Å². The van der Waals surface area contributed by atoms with Crippen LogP contribution in [0.2, 0.25) is 0 Å². The zero-order valence-corrected chi connectivity index (χ0v) is 10.4. The van der Waals surface area contributed by atoms with Gasteiger partial charge in [0.2, 0.25) is 0 Å². The van der Waals surface area contributed by atoms with E-state index < -0.39 is 0 Å². The number of benzene rings is 2. The van der Waals surface area contributed by atoms with E-state index >= 15 is 0 Å². The summed E-state index contributed by atoms with van der Waals surface area (Å²) in [5.41, 5.74) is 2.27. The molecule has 0 aliphatic rings. The number of nitrogens with zero attached hydrogens (tertiary/aromatic N) is 1. The van der Waals surface area contributed by atoms with Crippen LogP contribution in [0, 0.1) is 0 Å². The predicted octanol–water partition coefficient (Wildman–Crippen LogP) is 4.39. The maximum atomic E-state index is 4.39. The molecule has 0 amide bonds. The second-order valence-electron chi connectivity index (χ2n) is 3.48. The SMILES string of the molecule is Brc1ccc(CC=Nc2ccccc2)cc1. The maximum absolute atomic E-state index is 4.39. The van der Waals surface area contributed by atoms with Crippen molar-refractivity contribution in [3.8, 4) is 0 Å². The van der Waals surface area contributed by atoms with Gasteiger partial charge in [-0.2, -0.15) is 0 Å². The molecule has 0 radical (unpaired) electrons. The van der Waals surface area contributed by atoms with Crippen LogP contribution < -0.4 is 0 Å². The molecule has 0 bridgehead atoms. The number of halogens is 1. The van der Waals surface area contributed by atoms with Gasteiger partial charge in [-0.05, 0) is 29.8 Å². The molecule has 80 valence electrons. The van der Waals surface area contributed by atoms with E-state index in [1.807, 2.05) is 48.7 Å². The Bertz CT molecular complexity index is 460. The van der Waals surface area contributed by atoms with Crippen LogP contribution in [-0.4, -0.2) is 6.21 Å². The Kier molecular flexibility index (Phi) is 3.89. The highest BCUT2D eigenvalue weighted by atomic mass is 79.9. The van der Waals surface area contributed by atoms with E-state index in [0.717, 1.165) is 16.6 Å². The second-order valence-corrected chi connectivity index (χ2v) is 4.39. The van der Waals surface area contributed by atoms with Crippen LogP contribution in [0.5, 0.6) is 0 Å². The van der Waals surface area contributed by atoms with Crippen LogP contribution in [0.1, 0.15) is 5.56 Å². The van der Waals surface area contributed by atoms with Gasteiger partial charge in [-0.25, -0.2) is 0 Å². The number of rotatable bonds is 3. The summed E-state index contributed by atoms with van der Waals surface area (Å²) in [6.07, 6.45) is 2.81. The molecule has 0 saturated carbocycles. The average molecular weight is 274 g/mol. The molecule has 2 aromatic carbocycles. The molecule has 0 saturated heterocycles. The molecular weight excluding hydrogens is 262 g/mol. The minimum absolute atomic E-state index is 0.863. The fourth-order valence-corrected chi connectivity index (χ4v) is 1.66. The van der Waals surface area contributed by atoms with E-state index in [0.29, 0.717) is 0 Å². The third kappa shape index (κ3) is 3.31. The minimum Gasteiger partial charge on any atom is -0.261 e. The quantitative estimate of drug-likeness (QED) is 0.736. The van der Waals surface area contributed by atoms with Crippen molar-refractivity contribution in [3.63, 3.8) is 0 Å². The average Bonchev–Trinajstić information content (AvgIpc) is 2.33. The van der Waals surface area contributed by atoms with Gasteiger partial charge in [0, 0.05) is 17.1 Å². The summed E-state index contributed by atoms with van der Waals surface area (Å²) < 4.78 is 1.11. The highest BCUT2D eigenvalue weighted by Gasteiger charge is 1.90. The summed E-state index contributed by atoms with van der Waals surface area (Å²) in [5.74, 6) is 0. The van der Waals surface area contributed by atoms with Crippen molar-refractivity contribution in [1.82, 2.24) is 0 Å². The first-order valence-electron chi connectivity index (χ1n) is 5.16. The summed E-state index contributed by atoms with van der Waals surface area (Å²) in [4.78, 5) is 4.39. The molecule has 16 heavy (non-hydrogen) atoms. The molecule has 1 nitrogen and oxygen atoms in total. The van der Waals surface area contributed by atoms with Crippen LogP contribution in [0.25, 0.3) is 0 Å². The van der Waals surface area contributed by atoms with E-state index in [4.69, 9.17) is 0 Å². The van der Waals surface area contributed by atoms with Gasteiger partial charge in [0.05, 0.1) is 5.69 Å². The molecule has 2 aromatic rings. The summed E-state index contributed by atoms with van der Waals surface area (Å²) in [6.45, 7) is 0. The molecule has 2 rings (SSSR count). The van der Waals surface area contributed by atoms with Crippen LogP contribution in [0.15, 0.2) is 64.1 Å². The van der Waals surface area contributed by atoms with Crippen molar-refractivity contribution in [2.24, 2.45) is 4.99 Å². The van der Waals surface area contributed by atoms with Gasteiger partial charge in [0.1, 0.15) is 0 Å². The van der Waals surface area contributed by atoms with Crippen molar-refractivity contribution in [2.75, 3.05) is 0 Å². The van der Waals surface area contributed by atoms with Crippen molar-refractivity contribution in [1.29, 1.82) is 0 Å². The summed E-state index contributed by atoms with van der Waals surface area (Å²) in [5, 5.41) is 0. The van der Waals surface area contributed by atoms with Gasteiger partial charge in [0.15, 0.2) is 0 Å². The lowest BCUT2D eigenvalue weighted by atomic mass is 10.2. The van der Waals surface area contributed by atoms with Crippen LogP contribution in [0.3, 0.4) is 0 Å². The Labute approximate surface area is 104 Å². The van der Waals surface area contributed by atoms with Gasteiger partial charge in [-0.15, -0.1) is 0 Å². The molecule has 0 spiro atoms. The van der Waals surface area contributed by atoms with Crippen LogP contribution in [-0.2, 0) is 6.42 Å². The lowest BCUT2D eigenvalue weighted by molar-refractivity contribution is 1.34. The summed E-state index contributed by atoms with van der Waals surface area (Å²) in [7, 11) is 0. The molecular formula is C14H12BrN. The fraction of sp³-hybridized carbons (Fsp3) is 0.0714. The van der Waals surface area contributed by atoms with Gasteiger partial charge < -0.3 is 0 Å². The van der Waals surface area contributed by atoms with E-state index in [1.54, 1.807) is 0 Å². The van der Waals surface area contributed by atoms with E-state index in [-0.39, 0.29) is 0 Å². The largest absolute Gasteiger partial charge is 0.261 e. The van der Waals surface area contributed by atoms with Gasteiger partial charge >= 0.3 is 0 Å². The maximum Gasteiger partial charge on any atom is 0.0625 e. The summed E-state index contributed by atoms with van der Waals surface area (Å²) in [6, 6.07) is 18.3. The molecule has 0 aliphatic carbocycles. The van der Waals surface area contributed by atoms with Gasteiger partial charge in [-0.1, -0.05) is 46.3 Å². The van der Waals surface area contributed by atoms with Crippen molar-refractivity contribution in [3.05, 3.63) is 64.6 Å². The third-order valence-corrected chi connectivity index (χ3v) is 2.77. The van der Waals surface area contributed by atoms with E-state index in [1.165, 1.54) is 5.56 Å². The highest BCUT2D eigenvalue weighted by molar-refractivity contribution is 9.10.